The van der Waals surface area contributed by atoms with Gasteiger partial charge in [0, 0.05) is 24.1 Å². The van der Waals surface area contributed by atoms with E-state index >= 15 is 0 Å². The number of fused-ring (bicyclic) bond motifs is 1. The Morgan fingerprint density at radius 2 is 1.73 bits per heavy atom. The van der Waals surface area contributed by atoms with Crippen LogP contribution in [0.4, 0.5) is 0 Å². The molecule has 26 heavy (non-hydrogen) atoms. The van der Waals surface area contributed by atoms with Crippen molar-refractivity contribution in [3.05, 3.63) is 84.1 Å². The van der Waals surface area contributed by atoms with Gasteiger partial charge in [0.1, 0.15) is 11.3 Å². The summed E-state index contributed by atoms with van der Waals surface area (Å²) in [4.78, 5) is 4.81. The zero-order chi connectivity index (χ0) is 18.1. The fourth-order valence-electron chi connectivity index (χ4n) is 2.92. The molecule has 2 aromatic heterocycles. The Morgan fingerprint density at radius 1 is 0.923 bits per heavy atom. The van der Waals surface area contributed by atoms with Crippen molar-refractivity contribution in [2.24, 2.45) is 0 Å². The van der Waals surface area contributed by atoms with Crippen molar-refractivity contribution >= 4 is 20.9 Å². The summed E-state index contributed by atoms with van der Waals surface area (Å²) in [5, 5.41) is 0. The van der Waals surface area contributed by atoms with Gasteiger partial charge in [0.05, 0.1) is 4.90 Å². The Hall–Kier alpha value is -2.92. The molecule has 4 aromatic rings. The molecule has 0 saturated carbocycles. The highest BCUT2D eigenvalue weighted by molar-refractivity contribution is 7.90. The molecule has 0 saturated heterocycles. The van der Waals surface area contributed by atoms with E-state index in [1.54, 1.807) is 24.4 Å². The van der Waals surface area contributed by atoms with Gasteiger partial charge in [-0.3, -0.25) is 4.98 Å². The van der Waals surface area contributed by atoms with E-state index in [0.29, 0.717) is 11.3 Å². The van der Waals surface area contributed by atoms with Crippen LogP contribution in [0.25, 0.3) is 22.4 Å². The second-order valence-electron chi connectivity index (χ2n) is 6.30. The summed E-state index contributed by atoms with van der Waals surface area (Å²) in [5.74, 6) is 0.782. The largest absolute Gasteiger partial charge is 0.454 e. The number of furan rings is 1. The van der Waals surface area contributed by atoms with Crippen LogP contribution in [0.3, 0.4) is 0 Å². The molecule has 2 aromatic carbocycles. The van der Waals surface area contributed by atoms with Crippen molar-refractivity contribution in [2.45, 2.75) is 11.3 Å². The van der Waals surface area contributed by atoms with Gasteiger partial charge in [-0.2, -0.15) is 0 Å². The lowest BCUT2D eigenvalue weighted by Gasteiger charge is -2.04. The lowest BCUT2D eigenvalue weighted by atomic mass is 10.1. The predicted molar refractivity (Wildman–Crippen MR) is 102 cm³/mol. The van der Waals surface area contributed by atoms with Crippen molar-refractivity contribution in [1.29, 1.82) is 0 Å². The molecule has 130 valence electrons. The van der Waals surface area contributed by atoms with Crippen molar-refractivity contribution in [1.82, 2.24) is 4.98 Å². The SMILES string of the molecule is CS(=O)(=O)c1cccc(Cc2cnc3cc(-c4ccccc4)oc3c2)c1. The topological polar surface area (TPSA) is 60.2 Å². The number of pyridine rings is 1. The first-order valence-electron chi connectivity index (χ1n) is 8.22. The summed E-state index contributed by atoms with van der Waals surface area (Å²) < 4.78 is 29.4. The average Bonchev–Trinajstić information content (AvgIpc) is 3.05. The molecule has 0 unspecified atom stereocenters. The fourth-order valence-corrected chi connectivity index (χ4v) is 3.61. The number of nitrogens with zero attached hydrogens (tertiary/aromatic N) is 1. The van der Waals surface area contributed by atoms with Gasteiger partial charge in [0.25, 0.3) is 0 Å². The van der Waals surface area contributed by atoms with Gasteiger partial charge >= 0.3 is 0 Å². The predicted octanol–water partition coefficient (Wildman–Crippen LogP) is 4.49. The summed E-state index contributed by atoms with van der Waals surface area (Å²) in [6.07, 6.45) is 3.61. The van der Waals surface area contributed by atoms with Gasteiger partial charge in [-0.1, -0.05) is 42.5 Å². The average molecular weight is 363 g/mol. The Labute approximate surface area is 152 Å². The molecule has 0 aliphatic carbocycles. The molecule has 0 amide bonds. The van der Waals surface area contributed by atoms with E-state index in [-0.39, 0.29) is 0 Å². The van der Waals surface area contributed by atoms with Gasteiger partial charge in [0.15, 0.2) is 15.4 Å². The molecule has 0 spiro atoms. The van der Waals surface area contributed by atoms with Crippen molar-refractivity contribution in [3.63, 3.8) is 0 Å². The van der Waals surface area contributed by atoms with Crippen LogP contribution in [0, 0.1) is 0 Å². The molecular formula is C21H17NO3S. The Morgan fingerprint density at radius 3 is 2.50 bits per heavy atom. The highest BCUT2D eigenvalue weighted by Crippen LogP contribution is 2.27. The Bertz CT molecular complexity index is 1180. The van der Waals surface area contributed by atoms with Crippen LogP contribution < -0.4 is 0 Å². The molecule has 0 radical (unpaired) electrons. The minimum Gasteiger partial charge on any atom is -0.454 e. The van der Waals surface area contributed by atoms with Gasteiger partial charge in [-0.25, -0.2) is 8.42 Å². The molecule has 0 aliphatic rings. The van der Waals surface area contributed by atoms with E-state index in [2.05, 4.69) is 4.98 Å². The van der Waals surface area contributed by atoms with Crippen molar-refractivity contribution < 1.29 is 12.8 Å². The van der Waals surface area contributed by atoms with Crippen molar-refractivity contribution in [2.75, 3.05) is 6.26 Å². The quantitative estimate of drug-likeness (QED) is 0.536. The molecule has 4 nitrogen and oxygen atoms in total. The third-order valence-corrected chi connectivity index (χ3v) is 5.33. The van der Waals surface area contributed by atoms with Crippen LogP contribution in [0.5, 0.6) is 0 Å². The summed E-state index contributed by atoms with van der Waals surface area (Å²) in [7, 11) is -3.21. The molecule has 4 rings (SSSR count). The van der Waals surface area contributed by atoms with Crippen LogP contribution in [0.15, 0.2) is 82.2 Å². The summed E-state index contributed by atoms with van der Waals surface area (Å²) in [6, 6.07) is 20.8. The molecule has 2 heterocycles. The number of hydrogen-bond acceptors (Lipinski definition) is 4. The second-order valence-corrected chi connectivity index (χ2v) is 8.32. The van der Waals surface area contributed by atoms with Crippen LogP contribution in [-0.4, -0.2) is 19.7 Å². The van der Waals surface area contributed by atoms with Gasteiger partial charge in [0.2, 0.25) is 0 Å². The first-order valence-corrected chi connectivity index (χ1v) is 10.1. The number of benzene rings is 2. The second kappa shape index (κ2) is 6.42. The monoisotopic (exact) mass is 363 g/mol. The standard InChI is InChI=1S/C21H17NO3S/c1-26(23,24)18-9-5-6-15(11-18)10-16-12-21-19(22-14-16)13-20(25-21)17-7-3-2-4-8-17/h2-9,11-14H,10H2,1H3. The lowest BCUT2D eigenvalue weighted by Crippen LogP contribution is -1.98. The number of rotatable bonds is 4. The van der Waals surface area contributed by atoms with Crippen LogP contribution in [-0.2, 0) is 16.3 Å². The van der Waals surface area contributed by atoms with E-state index in [0.717, 1.165) is 33.6 Å². The number of aromatic nitrogens is 1. The van der Waals surface area contributed by atoms with E-state index in [1.807, 2.05) is 48.5 Å². The molecular weight excluding hydrogens is 346 g/mol. The fraction of sp³-hybridized carbons (Fsp3) is 0.0952. The first kappa shape index (κ1) is 16.5. The smallest absolute Gasteiger partial charge is 0.175 e. The van der Waals surface area contributed by atoms with Gasteiger partial charge < -0.3 is 4.42 Å². The Kier molecular flexibility index (Phi) is 4.09. The van der Waals surface area contributed by atoms with Crippen LogP contribution in [0.1, 0.15) is 11.1 Å². The van der Waals surface area contributed by atoms with Gasteiger partial charge in [-0.05, 0) is 35.7 Å². The van der Waals surface area contributed by atoms with E-state index < -0.39 is 9.84 Å². The van der Waals surface area contributed by atoms with Crippen LogP contribution >= 0.6 is 0 Å². The van der Waals surface area contributed by atoms with E-state index in [1.165, 1.54) is 6.26 Å². The summed E-state index contributed by atoms with van der Waals surface area (Å²) >= 11 is 0. The minimum absolute atomic E-state index is 0.327. The van der Waals surface area contributed by atoms with Crippen LogP contribution in [0.2, 0.25) is 0 Å². The van der Waals surface area contributed by atoms with E-state index in [4.69, 9.17) is 4.42 Å². The minimum atomic E-state index is -3.21. The molecule has 5 heteroatoms. The third kappa shape index (κ3) is 3.39. The highest BCUT2D eigenvalue weighted by atomic mass is 32.2. The maximum Gasteiger partial charge on any atom is 0.175 e. The normalized spacial score (nSPS) is 11.7. The molecule has 0 N–H and O–H groups in total. The zero-order valence-corrected chi connectivity index (χ0v) is 15.0. The molecule has 0 fully saturated rings. The van der Waals surface area contributed by atoms with Gasteiger partial charge in [-0.15, -0.1) is 0 Å². The molecule has 0 aliphatic heterocycles. The molecule has 0 atom stereocenters. The number of sulfone groups is 1. The first-order chi connectivity index (χ1) is 12.5. The van der Waals surface area contributed by atoms with Crippen molar-refractivity contribution in [3.8, 4) is 11.3 Å². The summed E-state index contributed by atoms with van der Waals surface area (Å²) in [6.45, 7) is 0. The summed E-state index contributed by atoms with van der Waals surface area (Å²) in [5.41, 5.74) is 4.42. The maximum absolute atomic E-state index is 11.7. The Balaban J connectivity index is 1.66. The zero-order valence-electron chi connectivity index (χ0n) is 14.2. The lowest BCUT2D eigenvalue weighted by molar-refractivity contribution is 0.601. The maximum atomic E-state index is 11.7. The third-order valence-electron chi connectivity index (χ3n) is 4.22. The highest BCUT2D eigenvalue weighted by Gasteiger charge is 2.10. The molecule has 0 bridgehead atoms. The van der Waals surface area contributed by atoms with E-state index in [9.17, 15) is 8.42 Å². The number of hydrogen-bond donors (Lipinski definition) is 0.